The fraction of sp³-hybridized carbons (Fsp3) is 0.364. The first kappa shape index (κ1) is 10.9. The van der Waals surface area contributed by atoms with Crippen molar-refractivity contribution in [2.75, 3.05) is 13.1 Å². The Hall–Kier alpha value is -0.610. The number of amides is 1. The van der Waals surface area contributed by atoms with E-state index in [-0.39, 0.29) is 5.91 Å². The van der Waals surface area contributed by atoms with E-state index < -0.39 is 0 Å². The Kier molecular flexibility index (Phi) is 3.59. The van der Waals surface area contributed by atoms with Crippen molar-refractivity contribution in [3.05, 3.63) is 26.9 Å². The molecule has 1 amide bonds. The summed E-state index contributed by atoms with van der Waals surface area (Å²) in [6.45, 7) is 1.83. The van der Waals surface area contributed by atoms with Crippen LogP contribution in [0.1, 0.15) is 17.7 Å². The van der Waals surface area contributed by atoms with Crippen LogP contribution in [0, 0.1) is 0 Å². The lowest BCUT2D eigenvalue weighted by Gasteiger charge is -2.11. The van der Waals surface area contributed by atoms with Crippen molar-refractivity contribution in [2.24, 2.45) is 0 Å². The van der Waals surface area contributed by atoms with Crippen molar-refractivity contribution >= 4 is 39.2 Å². The second-order valence-corrected chi connectivity index (χ2v) is 6.00. The minimum Gasteiger partial charge on any atom is -0.339 e. The van der Waals surface area contributed by atoms with Gasteiger partial charge in [0.25, 0.3) is 0 Å². The number of likely N-dealkylation sites (tertiary alicyclic amines) is 1. The van der Waals surface area contributed by atoms with E-state index in [2.05, 4.69) is 15.9 Å². The highest BCUT2D eigenvalue weighted by molar-refractivity contribution is 9.11. The number of hydrogen-bond acceptors (Lipinski definition) is 2. The molecular weight excluding hydrogens is 274 g/mol. The Morgan fingerprint density at radius 2 is 2.13 bits per heavy atom. The number of carbonyl (C=O) groups is 1. The molecule has 1 saturated heterocycles. The third kappa shape index (κ3) is 2.92. The summed E-state index contributed by atoms with van der Waals surface area (Å²) in [6, 6.07) is 3.99. The molecule has 1 fully saturated rings. The van der Waals surface area contributed by atoms with Gasteiger partial charge < -0.3 is 4.90 Å². The Morgan fingerprint density at radius 1 is 1.40 bits per heavy atom. The molecule has 2 rings (SSSR count). The van der Waals surface area contributed by atoms with Crippen LogP contribution < -0.4 is 0 Å². The number of halogens is 1. The molecule has 0 N–H and O–H groups in total. The summed E-state index contributed by atoms with van der Waals surface area (Å²) in [5.41, 5.74) is 0. The summed E-state index contributed by atoms with van der Waals surface area (Å²) in [7, 11) is 0. The summed E-state index contributed by atoms with van der Waals surface area (Å²) in [5.74, 6) is 0.136. The Balaban J connectivity index is 1.95. The molecule has 0 unspecified atom stereocenters. The van der Waals surface area contributed by atoms with Crippen LogP contribution in [-0.4, -0.2) is 23.9 Å². The molecule has 1 aromatic heterocycles. The summed E-state index contributed by atoms with van der Waals surface area (Å²) in [4.78, 5) is 14.7. The summed E-state index contributed by atoms with van der Waals surface area (Å²) in [5, 5.41) is 0. The maximum Gasteiger partial charge on any atom is 0.246 e. The number of nitrogens with zero attached hydrogens (tertiary/aromatic N) is 1. The van der Waals surface area contributed by atoms with Gasteiger partial charge in [-0.3, -0.25) is 4.79 Å². The predicted molar refractivity (Wildman–Crippen MR) is 66.9 cm³/mol. The van der Waals surface area contributed by atoms with E-state index in [1.165, 1.54) is 0 Å². The molecule has 1 aliphatic heterocycles. The Bertz CT molecular complexity index is 380. The quantitative estimate of drug-likeness (QED) is 0.765. The highest BCUT2D eigenvalue weighted by Gasteiger charge is 2.14. The topological polar surface area (TPSA) is 20.3 Å². The highest BCUT2D eigenvalue weighted by Crippen LogP contribution is 2.23. The molecule has 0 bridgehead atoms. The third-order valence-corrected chi connectivity index (χ3v) is 3.99. The Labute approximate surface area is 102 Å². The highest BCUT2D eigenvalue weighted by atomic mass is 79.9. The predicted octanol–water partition coefficient (Wildman–Crippen LogP) is 3.15. The zero-order valence-electron chi connectivity index (χ0n) is 8.28. The van der Waals surface area contributed by atoms with Crippen LogP contribution in [0.15, 0.2) is 22.0 Å². The fourth-order valence-corrected chi connectivity index (χ4v) is 2.94. The van der Waals surface area contributed by atoms with E-state index in [4.69, 9.17) is 0 Å². The number of rotatable bonds is 2. The molecule has 0 atom stereocenters. The van der Waals surface area contributed by atoms with Gasteiger partial charge in [0.1, 0.15) is 0 Å². The van der Waals surface area contributed by atoms with Gasteiger partial charge in [0.05, 0.1) is 3.79 Å². The molecule has 4 heteroatoms. The zero-order valence-corrected chi connectivity index (χ0v) is 10.7. The first-order valence-corrected chi connectivity index (χ1v) is 6.59. The molecule has 1 aromatic rings. The summed E-state index contributed by atoms with van der Waals surface area (Å²) in [6.07, 6.45) is 5.84. The molecule has 15 heavy (non-hydrogen) atoms. The number of carbonyl (C=O) groups excluding carboxylic acids is 1. The molecule has 0 aromatic carbocycles. The fourth-order valence-electron chi connectivity index (χ4n) is 1.61. The number of thiophene rings is 1. The third-order valence-electron chi connectivity index (χ3n) is 2.40. The lowest BCUT2D eigenvalue weighted by atomic mass is 10.4. The van der Waals surface area contributed by atoms with Gasteiger partial charge in [-0.2, -0.15) is 0 Å². The maximum atomic E-state index is 11.7. The molecule has 1 aliphatic rings. The van der Waals surface area contributed by atoms with Gasteiger partial charge in [0.15, 0.2) is 0 Å². The van der Waals surface area contributed by atoms with Gasteiger partial charge in [-0.05, 0) is 47.0 Å². The minimum atomic E-state index is 0.136. The zero-order chi connectivity index (χ0) is 10.7. The van der Waals surface area contributed by atoms with Crippen molar-refractivity contribution in [3.8, 4) is 0 Å². The van der Waals surface area contributed by atoms with Crippen LogP contribution in [-0.2, 0) is 4.79 Å². The SMILES string of the molecule is O=C(C=Cc1ccc(Br)s1)N1CCCC1. The van der Waals surface area contributed by atoms with Gasteiger partial charge in [-0.25, -0.2) is 0 Å². The average molecular weight is 286 g/mol. The second-order valence-electron chi connectivity index (χ2n) is 3.51. The first-order chi connectivity index (χ1) is 7.25. The van der Waals surface area contributed by atoms with E-state index >= 15 is 0 Å². The van der Waals surface area contributed by atoms with Crippen molar-refractivity contribution in [1.82, 2.24) is 4.90 Å². The van der Waals surface area contributed by atoms with Gasteiger partial charge in [-0.1, -0.05) is 0 Å². The Morgan fingerprint density at radius 3 is 2.73 bits per heavy atom. The van der Waals surface area contributed by atoms with Crippen LogP contribution in [0.5, 0.6) is 0 Å². The summed E-state index contributed by atoms with van der Waals surface area (Å²) >= 11 is 5.03. The summed E-state index contributed by atoms with van der Waals surface area (Å²) < 4.78 is 1.09. The molecule has 0 radical (unpaired) electrons. The lowest BCUT2D eigenvalue weighted by Crippen LogP contribution is -2.25. The van der Waals surface area contributed by atoms with Gasteiger partial charge in [-0.15, -0.1) is 11.3 Å². The van der Waals surface area contributed by atoms with E-state index in [0.29, 0.717) is 0 Å². The van der Waals surface area contributed by atoms with Crippen LogP contribution in [0.2, 0.25) is 0 Å². The molecule has 2 nitrogen and oxygen atoms in total. The monoisotopic (exact) mass is 285 g/mol. The molecule has 2 heterocycles. The largest absolute Gasteiger partial charge is 0.339 e. The van der Waals surface area contributed by atoms with E-state index in [1.54, 1.807) is 17.4 Å². The maximum absolute atomic E-state index is 11.7. The standard InChI is InChI=1S/C11H12BrNOS/c12-10-5-3-9(15-10)4-6-11(14)13-7-1-2-8-13/h3-6H,1-2,7-8H2. The molecule has 0 spiro atoms. The second kappa shape index (κ2) is 4.94. The van der Waals surface area contributed by atoms with Crippen molar-refractivity contribution < 1.29 is 4.79 Å². The minimum absolute atomic E-state index is 0.136. The molecule has 0 saturated carbocycles. The lowest BCUT2D eigenvalue weighted by molar-refractivity contribution is -0.124. The van der Waals surface area contributed by atoms with Crippen LogP contribution in [0.4, 0.5) is 0 Å². The van der Waals surface area contributed by atoms with Gasteiger partial charge in [0.2, 0.25) is 5.91 Å². The van der Waals surface area contributed by atoms with Crippen molar-refractivity contribution in [2.45, 2.75) is 12.8 Å². The van der Waals surface area contributed by atoms with E-state index in [9.17, 15) is 4.79 Å². The average Bonchev–Trinajstić information content (AvgIpc) is 2.84. The van der Waals surface area contributed by atoms with Crippen LogP contribution in [0.3, 0.4) is 0 Å². The normalized spacial score (nSPS) is 16.5. The van der Waals surface area contributed by atoms with E-state index in [1.807, 2.05) is 23.1 Å². The van der Waals surface area contributed by atoms with Crippen LogP contribution >= 0.6 is 27.3 Å². The van der Waals surface area contributed by atoms with E-state index in [0.717, 1.165) is 34.6 Å². The number of hydrogen-bond donors (Lipinski definition) is 0. The molecule has 80 valence electrons. The van der Waals surface area contributed by atoms with Crippen LogP contribution in [0.25, 0.3) is 6.08 Å². The van der Waals surface area contributed by atoms with Gasteiger partial charge >= 0.3 is 0 Å². The molecular formula is C11H12BrNOS. The van der Waals surface area contributed by atoms with Gasteiger partial charge in [0, 0.05) is 24.0 Å². The smallest absolute Gasteiger partial charge is 0.246 e. The van der Waals surface area contributed by atoms with Crippen molar-refractivity contribution in [3.63, 3.8) is 0 Å². The molecule has 0 aliphatic carbocycles. The van der Waals surface area contributed by atoms with Crippen molar-refractivity contribution in [1.29, 1.82) is 0 Å². The first-order valence-electron chi connectivity index (χ1n) is 4.98.